The number of carbonyl (C=O) groups is 2. The number of hydrogen-bond donors (Lipinski definition) is 2. The summed E-state index contributed by atoms with van der Waals surface area (Å²) in [6.45, 7) is 3.77. The number of rotatable bonds is 6. The third kappa shape index (κ3) is 4.26. The summed E-state index contributed by atoms with van der Waals surface area (Å²) in [4.78, 5) is 22.4. The molecule has 92 valence electrons. The highest BCUT2D eigenvalue weighted by atomic mass is 16.4. The molecule has 0 fully saturated rings. The van der Waals surface area contributed by atoms with Crippen molar-refractivity contribution in [3.8, 4) is 0 Å². The normalized spacial score (nSPS) is 10.3. The van der Waals surface area contributed by atoms with Gasteiger partial charge in [0.2, 0.25) is 0 Å². The minimum atomic E-state index is -0.948. The van der Waals surface area contributed by atoms with Crippen molar-refractivity contribution in [2.75, 3.05) is 11.9 Å². The summed E-state index contributed by atoms with van der Waals surface area (Å²) in [7, 11) is 0. The number of carboxylic acid groups (broad SMARTS) is 1. The predicted octanol–water partition coefficient (Wildman–Crippen LogP) is 2.41. The Hall–Kier alpha value is -1.84. The maximum Gasteiger partial charge on any atom is 0.322 e. The molecule has 0 radical (unpaired) electrons. The molecule has 1 aromatic rings. The quantitative estimate of drug-likeness (QED) is 0.743. The standard InChI is InChI=1S/C13H17NO3/c1-9(2)7-12(15)10-5-3-4-6-11(10)14-8-13(16)17/h3-6,9,14H,7-8H2,1-2H3,(H,16,17). The lowest BCUT2D eigenvalue weighted by atomic mass is 10.00. The van der Waals surface area contributed by atoms with E-state index in [-0.39, 0.29) is 18.2 Å². The van der Waals surface area contributed by atoms with Crippen LogP contribution < -0.4 is 5.32 Å². The minimum Gasteiger partial charge on any atom is -0.480 e. The number of carboxylic acids is 1. The number of carbonyl (C=O) groups excluding carboxylic acids is 1. The van der Waals surface area contributed by atoms with E-state index in [1.54, 1.807) is 24.3 Å². The highest BCUT2D eigenvalue weighted by Crippen LogP contribution is 2.18. The number of para-hydroxylation sites is 1. The van der Waals surface area contributed by atoms with Crippen molar-refractivity contribution in [3.63, 3.8) is 0 Å². The molecule has 1 rings (SSSR count). The molecule has 0 spiro atoms. The van der Waals surface area contributed by atoms with E-state index in [9.17, 15) is 9.59 Å². The fourth-order valence-electron chi connectivity index (χ4n) is 1.53. The molecule has 0 amide bonds. The van der Waals surface area contributed by atoms with Crippen LogP contribution in [-0.2, 0) is 4.79 Å². The lowest BCUT2D eigenvalue weighted by Crippen LogP contribution is -2.15. The van der Waals surface area contributed by atoms with E-state index in [4.69, 9.17) is 5.11 Å². The van der Waals surface area contributed by atoms with Gasteiger partial charge in [-0.1, -0.05) is 26.0 Å². The number of aliphatic carboxylic acids is 1. The lowest BCUT2D eigenvalue weighted by Gasteiger charge is -2.10. The smallest absolute Gasteiger partial charge is 0.322 e. The Balaban J connectivity index is 2.83. The van der Waals surface area contributed by atoms with Crippen LogP contribution in [0.4, 0.5) is 5.69 Å². The van der Waals surface area contributed by atoms with Gasteiger partial charge >= 0.3 is 5.97 Å². The molecule has 0 aliphatic rings. The predicted molar refractivity (Wildman–Crippen MR) is 66.4 cm³/mol. The van der Waals surface area contributed by atoms with Crippen LogP contribution in [0.5, 0.6) is 0 Å². The Morgan fingerprint density at radius 1 is 1.29 bits per heavy atom. The maximum atomic E-state index is 11.9. The van der Waals surface area contributed by atoms with Gasteiger partial charge in [-0.15, -0.1) is 0 Å². The van der Waals surface area contributed by atoms with Gasteiger partial charge < -0.3 is 10.4 Å². The van der Waals surface area contributed by atoms with Gasteiger partial charge in [-0.3, -0.25) is 9.59 Å². The number of anilines is 1. The van der Waals surface area contributed by atoms with Crippen LogP contribution in [0, 0.1) is 5.92 Å². The van der Waals surface area contributed by atoms with Crippen molar-refractivity contribution in [1.29, 1.82) is 0 Å². The second kappa shape index (κ2) is 6.03. The van der Waals surface area contributed by atoms with Crippen molar-refractivity contribution in [1.82, 2.24) is 0 Å². The second-order valence-electron chi connectivity index (χ2n) is 4.31. The zero-order valence-corrected chi connectivity index (χ0v) is 10.1. The van der Waals surface area contributed by atoms with E-state index in [1.165, 1.54) is 0 Å². The molecule has 2 N–H and O–H groups in total. The summed E-state index contributed by atoms with van der Waals surface area (Å²) in [5.41, 5.74) is 1.14. The molecular formula is C13H17NO3. The summed E-state index contributed by atoms with van der Waals surface area (Å²) < 4.78 is 0. The fraction of sp³-hybridized carbons (Fsp3) is 0.385. The first-order valence-electron chi connectivity index (χ1n) is 5.58. The molecule has 0 aliphatic heterocycles. The van der Waals surface area contributed by atoms with Crippen LogP contribution in [0.2, 0.25) is 0 Å². The molecule has 0 unspecified atom stereocenters. The molecule has 0 atom stereocenters. The Kier molecular flexibility index (Phi) is 4.69. The third-order valence-corrected chi connectivity index (χ3v) is 2.25. The van der Waals surface area contributed by atoms with Crippen LogP contribution in [0.3, 0.4) is 0 Å². The second-order valence-corrected chi connectivity index (χ2v) is 4.31. The molecule has 4 nitrogen and oxygen atoms in total. The van der Waals surface area contributed by atoms with Gasteiger partial charge in [0.05, 0.1) is 0 Å². The van der Waals surface area contributed by atoms with E-state index in [0.717, 1.165) is 0 Å². The van der Waals surface area contributed by atoms with Gasteiger partial charge in [0.1, 0.15) is 6.54 Å². The zero-order chi connectivity index (χ0) is 12.8. The third-order valence-electron chi connectivity index (χ3n) is 2.25. The van der Waals surface area contributed by atoms with Crippen LogP contribution >= 0.6 is 0 Å². The zero-order valence-electron chi connectivity index (χ0n) is 10.1. The van der Waals surface area contributed by atoms with Crippen molar-refractivity contribution in [2.45, 2.75) is 20.3 Å². The van der Waals surface area contributed by atoms with Crippen LogP contribution in [0.15, 0.2) is 24.3 Å². The minimum absolute atomic E-state index is 0.0356. The van der Waals surface area contributed by atoms with Gasteiger partial charge in [0.15, 0.2) is 5.78 Å². The maximum absolute atomic E-state index is 11.9. The summed E-state index contributed by atoms with van der Waals surface area (Å²) in [6.07, 6.45) is 0.464. The van der Waals surface area contributed by atoms with Gasteiger partial charge in [-0.25, -0.2) is 0 Å². The van der Waals surface area contributed by atoms with Crippen molar-refractivity contribution in [3.05, 3.63) is 29.8 Å². The molecule has 4 heteroatoms. The van der Waals surface area contributed by atoms with Crippen LogP contribution in [0.1, 0.15) is 30.6 Å². The lowest BCUT2D eigenvalue weighted by molar-refractivity contribution is -0.134. The van der Waals surface area contributed by atoms with E-state index in [1.807, 2.05) is 13.8 Å². The van der Waals surface area contributed by atoms with Gasteiger partial charge in [0, 0.05) is 17.7 Å². The molecule has 0 saturated carbocycles. The largest absolute Gasteiger partial charge is 0.480 e. The van der Waals surface area contributed by atoms with Crippen molar-refractivity contribution in [2.24, 2.45) is 5.92 Å². The van der Waals surface area contributed by atoms with Gasteiger partial charge in [0.25, 0.3) is 0 Å². The molecule has 1 aromatic carbocycles. The first-order chi connectivity index (χ1) is 8.00. The summed E-state index contributed by atoms with van der Waals surface area (Å²) in [5, 5.41) is 11.3. The highest BCUT2D eigenvalue weighted by molar-refractivity contribution is 6.01. The summed E-state index contributed by atoms with van der Waals surface area (Å²) in [6, 6.07) is 6.99. The fourth-order valence-corrected chi connectivity index (χ4v) is 1.53. The van der Waals surface area contributed by atoms with Gasteiger partial charge in [-0.05, 0) is 18.1 Å². The number of hydrogen-bond acceptors (Lipinski definition) is 3. The SMILES string of the molecule is CC(C)CC(=O)c1ccccc1NCC(=O)O. The molecule has 0 heterocycles. The monoisotopic (exact) mass is 235 g/mol. The topological polar surface area (TPSA) is 66.4 Å². The van der Waals surface area contributed by atoms with Gasteiger partial charge in [-0.2, -0.15) is 0 Å². The average molecular weight is 235 g/mol. The van der Waals surface area contributed by atoms with Crippen LogP contribution in [0.25, 0.3) is 0 Å². The number of ketones is 1. The molecule has 0 aliphatic carbocycles. The number of Topliss-reactive ketones (excluding diaryl/α,β-unsaturated/α-hetero) is 1. The number of benzene rings is 1. The van der Waals surface area contributed by atoms with Crippen LogP contribution in [-0.4, -0.2) is 23.4 Å². The summed E-state index contributed by atoms with van der Waals surface area (Å²) in [5.74, 6) is -0.625. The van der Waals surface area contributed by atoms with E-state index >= 15 is 0 Å². The van der Waals surface area contributed by atoms with Crippen molar-refractivity contribution >= 4 is 17.4 Å². The highest BCUT2D eigenvalue weighted by Gasteiger charge is 2.12. The number of nitrogens with one attached hydrogen (secondary N) is 1. The van der Waals surface area contributed by atoms with Crippen molar-refractivity contribution < 1.29 is 14.7 Å². The van der Waals surface area contributed by atoms with E-state index < -0.39 is 5.97 Å². The Labute approximate surface area is 101 Å². The first kappa shape index (κ1) is 13.2. The Morgan fingerprint density at radius 3 is 2.53 bits per heavy atom. The van der Waals surface area contributed by atoms with E-state index in [0.29, 0.717) is 17.7 Å². The molecule has 0 bridgehead atoms. The molecular weight excluding hydrogens is 218 g/mol. The average Bonchev–Trinajstić information content (AvgIpc) is 2.25. The molecule has 0 aromatic heterocycles. The molecule has 0 saturated heterocycles. The van der Waals surface area contributed by atoms with E-state index in [2.05, 4.69) is 5.32 Å². The molecule has 17 heavy (non-hydrogen) atoms. The Bertz CT molecular complexity index is 413. The Morgan fingerprint density at radius 2 is 1.94 bits per heavy atom. The summed E-state index contributed by atoms with van der Waals surface area (Å²) >= 11 is 0. The first-order valence-corrected chi connectivity index (χ1v) is 5.58.